The topological polar surface area (TPSA) is 54.1 Å². The molecule has 4 heteroatoms. The van der Waals surface area contributed by atoms with E-state index in [1.807, 2.05) is 18.2 Å². The lowest BCUT2D eigenvalue weighted by atomic mass is 9.97. The minimum Gasteiger partial charge on any atom is -0.497 e. The molecule has 1 aliphatic carbocycles. The van der Waals surface area contributed by atoms with Gasteiger partial charge < -0.3 is 15.0 Å². The minimum absolute atomic E-state index is 0.0316. The number of carbonyl (C=O) groups excluding carboxylic acids is 1. The van der Waals surface area contributed by atoms with Crippen LogP contribution in [-0.4, -0.2) is 24.5 Å². The first-order valence-corrected chi connectivity index (χ1v) is 7.89. The molecule has 0 radical (unpaired) electrons. The van der Waals surface area contributed by atoms with E-state index in [4.69, 9.17) is 4.74 Å². The fourth-order valence-corrected chi connectivity index (χ4v) is 2.98. The van der Waals surface area contributed by atoms with Crippen molar-refractivity contribution in [3.63, 3.8) is 0 Å². The summed E-state index contributed by atoms with van der Waals surface area (Å²) in [6.45, 7) is 0.696. The smallest absolute Gasteiger partial charge is 0.253 e. The monoisotopic (exact) mass is 298 g/mol. The number of H-pyrrole nitrogens is 1. The maximum atomic E-state index is 12.4. The summed E-state index contributed by atoms with van der Waals surface area (Å²) in [6, 6.07) is 5.71. The van der Waals surface area contributed by atoms with Gasteiger partial charge in [-0.1, -0.05) is 11.6 Å². The Morgan fingerprint density at radius 1 is 1.36 bits per heavy atom. The standard InChI is InChI=1S/C18H22N2O2/c1-22-14-7-8-17-15(11-14)16(12-20-17)18(21)19-10-9-13-5-3-2-4-6-13/h5,7-8,11-12,20H,2-4,6,9-10H2,1H3,(H,19,21). The zero-order chi connectivity index (χ0) is 15.4. The van der Waals surface area contributed by atoms with Crippen LogP contribution in [0.4, 0.5) is 0 Å². The SMILES string of the molecule is COc1ccc2[nH]cc(C(=O)NCCC3=CCCCC3)c2c1. The van der Waals surface area contributed by atoms with Crippen LogP contribution < -0.4 is 10.1 Å². The van der Waals surface area contributed by atoms with Crippen molar-refractivity contribution in [1.82, 2.24) is 10.3 Å². The summed E-state index contributed by atoms with van der Waals surface area (Å²) >= 11 is 0. The number of fused-ring (bicyclic) bond motifs is 1. The van der Waals surface area contributed by atoms with Crippen LogP contribution in [0.25, 0.3) is 10.9 Å². The summed E-state index contributed by atoms with van der Waals surface area (Å²) < 4.78 is 5.23. The molecule has 1 amide bonds. The number of aromatic nitrogens is 1. The lowest BCUT2D eigenvalue weighted by Gasteiger charge is -2.12. The van der Waals surface area contributed by atoms with E-state index in [1.165, 1.54) is 31.3 Å². The van der Waals surface area contributed by atoms with Crippen molar-refractivity contribution in [3.8, 4) is 5.75 Å². The van der Waals surface area contributed by atoms with Gasteiger partial charge in [0.15, 0.2) is 0 Å². The molecule has 2 aromatic rings. The quantitative estimate of drug-likeness (QED) is 0.825. The summed E-state index contributed by atoms with van der Waals surface area (Å²) in [6.07, 6.45) is 9.99. The molecule has 1 aliphatic rings. The van der Waals surface area contributed by atoms with Crippen molar-refractivity contribution in [1.29, 1.82) is 0 Å². The molecule has 0 bridgehead atoms. The van der Waals surface area contributed by atoms with Crippen molar-refractivity contribution in [2.45, 2.75) is 32.1 Å². The van der Waals surface area contributed by atoms with Crippen LogP contribution in [-0.2, 0) is 0 Å². The third-order valence-electron chi connectivity index (χ3n) is 4.25. The predicted octanol–water partition coefficient (Wildman–Crippen LogP) is 3.80. The average molecular weight is 298 g/mol. The second-order valence-corrected chi connectivity index (χ2v) is 5.73. The van der Waals surface area contributed by atoms with Gasteiger partial charge >= 0.3 is 0 Å². The number of hydrogen-bond donors (Lipinski definition) is 2. The van der Waals surface area contributed by atoms with Crippen LogP contribution in [0.15, 0.2) is 36.0 Å². The van der Waals surface area contributed by atoms with Gasteiger partial charge in [0.2, 0.25) is 0 Å². The summed E-state index contributed by atoms with van der Waals surface area (Å²) in [5, 5.41) is 3.92. The molecule has 0 aliphatic heterocycles. The second-order valence-electron chi connectivity index (χ2n) is 5.73. The Bertz CT molecular complexity index is 700. The molecule has 1 aromatic heterocycles. The van der Waals surface area contributed by atoms with Crippen LogP contribution in [0.5, 0.6) is 5.75 Å². The first-order chi connectivity index (χ1) is 10.8. The van der Waals surface area contributed by atoms with Crippen molar-refractivity contribution in [2.24, 2.45) is 0 Å². The van der Waals surface area contributed by atoms with E-state index in [2.05, 4.69) is 16.4 Å². The van der Waals surface area contributed by atoms with Crippen LogP contribution in [0.2, 0.25) is 0 Å². The lowest BCUT2D eigenvalue weighted by molar-refractivity contribution is 0.0955. The largest absolute Gasteiger partial charge is 0.497 e. The lowest BCUT2D eigenvalue weighted by Crippen LogP contribution is -2.24. The Kier molecular flexibility index (Phi) is 4.47. The summed E-state index contributed by atoms with van der Waals surface area (Å²) in [4.78, 5) is 15.5. The number of hydrogen-bond acceptors (Lipinski definition) is 2. The van der Waals surface area contributed by atoms with E-state index in [9.17, 15) is 4.79 Å². The third-order valence-corrected chi connectivity index (χ3v) is 4.25. The van der Waals surface area contributed by atoms with E-state index in [0.29, 0.717) is 12.1 Å². The third kappa shape index (κ3) is 3.16. The highest BCUT2D eigenvalue weighted by atomic mass is 16.5. The van der Waals surface area contributed by atoms with Crippen LogP contribution in [0.1, 0.15) is 42.5 Å². The number of allylic oxidation sites excluding steroid dienone is 1. The number of ether oxygens (including phenoxy) is 1. The summed E-state index contributed by atoms with van der Waals surface area (Å²) in [7, 11) is 1.63. The number of rotatable bonds is 5. The molecule has 2 N–H and O–H groups in total. The van der Waals surface area contributed by atoms with Crippen LogP contribution >= 0.6 is 0 Å². The molecule has 116 valence electrons. The van der Waals surface area contributed by atoms with E-state index in [1.54, 1.807) is 13.3 Å². The first-order valence-electron chi connectivity index (χ1n) is 7.89. The zero-order valence-electron chi connectivity index (χ0n) is 12.9. The molecule has 0 atom stereocenters. The number of benzene rings is 1. The minimum atomic E-state index is -0.0316. The molecule has 0 spiro atoms. The van der Waals surface area contributed by atoms with Gasteiger partial charge in [-0.3, -0.25) is 4.79 Å². The van der Waals surface area contributed by atoms with Crippen LogP contribution in [0.3, 0.4) is 0 Å². The van der Waals surface area contributed by atoms with Gasteiger partial charge in [0.1, 0.15) is 5.75 Å². The highest BCUT2D eigenvalue weighted by Gasteiger charge is 2.12. The maximum Gasteiger partial charge on any atom is 0.253 e. The van der Waals surface area contributed by atoms with Crippen molar-refractivity contribution >= 4 is 16.8 Å². The van der Waals surface area contributed by atoms with Crippen LogP contribution in [0, 0.1) is 0 Å². The number of carbonyl (C=O) groups is 1. The van der Waals surface area contributed by atoms with E-state index < -0.39 is 0 Å². The van der Waals surface area contributed by atoms with Crippen molar-refractivity contribution in [2.75, 3.05) is 13.7 Å². The fraction of sp³-hybridized carbons (Fsp3) is 0.389. The number of aromatic amines is 1. The Hall–Kier alpha value is -2.23. The second kappa shape index (κ2) is 6.69. The maximum absolute atomic E-state index is 12.4. The van der Waals surface area contributed by atoms with Gasteiger partial charge in [-0.05, 0) is 50.3 Å². The van der Waals surface area contributed by atoms with Gasteiger partial charge in [-0.25, -0.2) is 0 Å². The summed E-state index contributed by atoms with van der Waals surface area (Å²) in [5.74, 6) is 0.726. The number of methoxy groups -OCH3 is 1. The molecular weight excluding hydrogens is 276 g/mol. The molecule has 0 saturated heterocycles. The zero-order valence-corrected chi connectivity index (χ0v) is 12.9. The van der Waals surface area contributed by atoms with E-state index >= 15 is 0 Å². The number of amides is 1. The average Bonchev–Trinajstić information content (AvgIpc) is 2.98. The summed E-state index contributed by atoms with van der Waals surface area (Å²) in [5.41, 5.74) is 3.10. The molecule has 0 fully saturated rings. The molecule has 22 heavy (non-hydrogen) atoms. The van der Waals surface area contributed by atoms with Gasteiger partial charge in [0, 0.05) is 23.6 Å². The molecule has 3 rings (SSSR count). The van der Waals surface area contributed by atoms with E-state index in [-0.39, 0.29) is 5.91 Å². The molecule has 1 aromatic carbocycles. The molecule has 1 heterocycles. The number of nitrogens with one attached hydrogen (secondary N) is 2. The normalized spacial score (nSPS) is 14.7. The predicted molar refractivity (Wildman–Crippen MR) is 88.4 cm³/mol. The molecule has 0 saturated carbocycles. The van der Waals surface area contributed by atoms with Gasteiger partial charge in [0.05, 0.1) is 12.7 Å². The van der Waals surface area contributed by atoms with Gasteiger partial charge in [-0.15, -0.1) is 0 Å². The Labute approximate surface area is 130 Å². The molecule has 0 unspecified atom stereocenters. The van der Waals surface area contributed by atoms with Gasteiger partial charge in [-0.2, -0.15) is 0 Å². The first kappa shape index (κ1) is 14.7. The van der Waals surface area contributed by atoms with Crippen molar-refractivity contribution < 1.29 is 9.53 Å². The fourth-order valence-electron chi connectivity index (χ4n) is 2.98. The Morgan fingerprint density at radius 3 is 3.05 bits per heavy atom. The van der Waals surface area contributed by atoms with E-state index in [0.717, 1.165) is 23.1 Å². The highest BCUT2D eigenvalue weighted by molar-refractivity contribution is 6.07. The highest BCUT2D eigenvalue weighted by Crippen LogP contribution is 2.24. The van der Waals surface area contributed by atoms with Crippen molar-refractivity contribution in [3.05, 3.63) is 41.6 Å². The molecule has 4 nitrogen and oxygen atoms in total. The Balaban J connectivity index is 1.65. The van der Waals surface area contributed by atoms with Gasteiger partial charge in [0.25, 0.3) is 5.91 Å². The Morgan fingerprint density at radius 2 is 2.27 bits per heavy atom. The molecular formula is C18H22N2O2.